The molecule has 0 amide bonds. The van der Waals surface area contributed by atoms with Gasteiger partial charge in [0.15, 0.2) is 0 Å². The molecule has 2 rings (SSSR count). The quantitative estimate of drug-likeness (QED) is 0.498. The van der Waals surface area contributed by atoms with Crippen molar-refractivity contribution < 1.29 is 5.11 Å². The number of rotatable bonds is 8. The average molecular weight is 333 g/mol. The van der Waals surface area contributed by atoms with E-state index in [-0.39, 0.29) is 0 Å². The van der Waals surface area contributed by atoms with E-state index >= 15 is 0 Å². The zero-order chi connectivity index (χ0) is 17.7. The first-order valence-corrected chi connectivity index (χ1v) is 10.5. The fourth-order valence-corrected chi connectivity index (χ4v) is 3.95. The van der Waals surface area contributed by atoms with Crippen LogP contribution in [-0.2, 0) is 5.60 Å². The topological polar surface area (TPSA) is 20.2 Å². The molecule has 1 saturated carbocycles. The molecule has 1 atom stereocenters. The largest absolute Gasteiger partial charge is 0.385 e. The number of hydrogen-bond donors (Lipinski definition) is 1. The Morgan fingerprint density at radius 3 is 1.92 bits per heavy atom. The lowest BCUT2D eigenvalue weighted by atomic mass is 9.71. The Labute approximate surface area is 150 Å². The van der Waals surface area contributed by atoms with Gasteiger partial charge in [-0.05, 0) is 30.7 Å². The van der Waals surface area contributed by atoms with Crippen molar-refractivity contribution in [2.75, 3.05) is 0 Å². The molecule has 0 spiro atoms. The van der Waals surface area contributed by atoms with Crippen LogP contribution in [0.2, 0.25) is 0 Å². The van der Waals surface area contributed by atoms with Gasteiger partial charge in [-0.1, -0.05) is 109 Å². The SMILES string of the molecule is CCCC(O)(c1ccccc1)C1CCCCC1.CCCCCCC. The van der Waals surface area contributed by atoms with Gasteiger partial charge in [-0.15, -0.1) is 0 Å². The van der Waals surface area contributed by atoms with E-state index in [0.717, 1.165) is 18.4 Å². The Balaban J connectivity index is 0.000000351. The highest BCUT2D eigenvalue weighted by atomic mass is 16.3. The second kappa shape index (κ2) is 12.5. The average Bonchev–Trinajstić information content (AvgIpc) is 2.64. The van der Waals surface area contributed by atoms with Crippen LogP contribution in [-0.4, -0.2) is 5.11 Å². The third-order valence-electron chi connectivity index (χ3n) is 5.39. The summed E-state index contributed by atoms with van der Waals surface area (Å²) >= 11 is 0. The van der Waals surface area contributed by atoms with Gasteiger partial charge in [-0.2, -0.15) is 0 Å². The molecule has 1 aromatic rings. The van der Waals surface area contributed by atoms with Crippen molar-refractivity contribution in [1.82, 2.24) is 0 Å². The molecule has 1 heteroatoms. The van der Waals surface area contributed by atoms with Crippen molar-refractivity contribution in [2.45, 2.75) is 103 Å². The van der Waals surface area contributed by atoms with Gasteiger partial charge in [-0.3, -0.25) is 0 Å². The van der Waals surface area contributed by atoms with Crippen molar-refractivity contribution in [1.29, 1.82) is 0 Å². The first-order valence-electron chi connectivity index (χ1n) is 10.5. The smallest absolute Gasteiger partial charge is 0.0924 e. The standard InChI is InChI=1S/C16H24O.C7H16/c1-2-13-16(17,14-9-5-3-6-10-14)15-11-7-4-8-12-15;1-3-5-7-6-4-2/h3,5-6,9-10,15,17H,2,4,7-8,11-13H2,1H3;3-7H2,1-2H3. The molecule has 0 radical (unpaired) electrons. The highest BCUT2D eigenvalue weighted by molar-refractivity contribution is 5.23. The molecule has 138 valence electrons. The van der Waals surface area contributed by atoms with Gasteiger partial charge >= 0.3 is 0 Å². The third kappa shape index (κ3) is 6.97. The third-order valence-corrected chi connectivity index (χ3v) is 5.39. The summed E-state index contributed by atoms with van der Waals surface area (Å²) < 4.78 is 0. The second-order valence-electron chi connectivity index (χ2n) is 7.44. The van der Waals surface area contributed by atoms with Gasteiger partial charge in [-0.25, -0.2) is 0 Å². The minimum absolute atomic E-state index is 0.457. The van der Waals surface area contributed by atoms with Crippen molar-refractivity contribution in [3.63, 3.8) is 0 Å². The molecule has 1 aliphatic rings. The predicted octanol–water partition coefficient (Wildman–Crippen LogP) is 7.23. The minimum Gasteiger partial charge on any atom is -0.385 e. The molecule has 1 fully saturated rings. The van der Waals surface area contributed by atoms with Gasteiger partial charge in [0.1, 0.15) is 0 Å². The summed E-state index contributed by atoms with van der Waals surface area (Å²) in [4.78, 5) is 0. The monoisotopic (exact) mass is 332 g/mol. The molecule has 0 aromatic heterocycles. The number of unbranched alkanes of at least 4 members (excludes halogenated alkanes) is 4. The lowest BCUT2D eigenvalue weighted by Crippen LogP contribution is -2.36. The molecule has 1 aromatic carbocycles. The van der Waals surface area contributed by atoms with Gasteiger partial charge < -0.3 is 5.11 Å². The van der Waals surface area contributed by atoms with Crippen LogP contribution in [0.1, 0.15) is 103 Å². The van der Waals surface area contributed by atoms with E-state index in [0.29, 0.717) is 5.92 Å². The molecule has 1 nitrogen and oxygen atoms in total. The van der Waals surface area contributed by atoms with Crippen LogP contribution < -0.4 is 0 Å². The highest BCUT2D eigenvalue weighted by Crippen LogP contribution is 2.42. The van der Waals surface area contributed by atoms with E-state index in [1.54, 1.807) is 0 Å². The van der Waals surface area contributed by atoms with Crippen LogP contribution in [0, 0.1) is 5.92 Å². The van der Waals surface area contributed by atoms with Crippen molar-refractivity contribution in [3.05, 3.63) is 35.9 Å². The van der Waals surface area contributed by atoms with E-state index in [9.17, 15) is 5.11 Å². The Bertz CT molecular complexity index is 390. The second-order valence-corrected chi connectivity index (χ2v) is 7.44. The van der Waals surface area contributed by atoms with Crippen LogP contribution in [0.5, 0.6) is 0 Å². The Morgan fingerprint density at radius 1 is 0.833 bits per heavy atom. The molecule has 0 heterocycles. The first kappa shape index (κ1) is 21.2. The molecular weight excluding hydrogens is 292 g/mol. The van der Waals surface area contributed by atoms with E-state index < -0.39 is 5.60 Å². The summed E-state index contributed by atoms with van der Waals surface area (Å²) in [6.45, 7) is 6.65. The Hall–Kier alpha value is -0.820. The first-order chi connectivity index (χ1) is 11.7. The molecule has 0 bridgehead atoms. The molecule has 1 N–H and O–H groups in total. The summed E-state index contributed by atoms with van der Waals surface area (Å²) in [5, 5.41) is 11.1. The van der Waals surface area contributed by atoms with Gasteiger partial charge in [0.25, 0.3) is 0 Å². The lowest BCUT2D eigenvalue weighted by Gasteiger charge is -2.39. The zero-order valence-electron chi connectivity index (χ0n) is 16.4. The van der Waals surface area contributed by atoms with E-state index in [4.69, 9.17) is 0 Å². The summed E-state index contributed by atoms with van der Waals surface area (Å²) in [7, 11) is 0. The zero-order valence-corrected chi connectivity index (χ0v) is 16.4. The number of aliphatic hydroxyl groups is 1. The summed E-state index contributed by atoms with van der Waals surface area (Å²) in [5.41, 5.74) is 0.532. The summed E-state index contributed by atoms with van der Waals surface area (Å²) in [6, 6.07) is 10.3. The van der Waals surface area contributed by atoms with E-state index in [1.165, 1.54) is 64.2 Å². The predicted molar refractivity (Wildman–Crippen MR) is 106 cm³/mol. The summed E-state index contributed by atoms with van der Waals surface area (Å²) in [5.74, 6) is 0.457. The van der Waals surface area contributed by atoms with Gasteiger partial charge in [0, 0.05) is 0 Å². The Kier molecular flexibility index (Phi) is 11.1. The normalized spacial score (nSPS) is 17.7. The minimum atomic E-state index is -0.587. The molecule has 24 heavy (non-hydrogen) atoms. The van der Waals surface area contributed by atoms with Crippen LogP contribution >= 0.6 is 0 Å². The maximum atomic E-state index is 11.1. The fraction of sp³-hybridized carbons (Fsp3) is 0.739. The van der Waals surface area contributed by atoms with Crippen molar-refractivity contribution in [3.8, 4) is 0 Å². The highest BCUT2D eigenvalue weighted by Gasteiger charge is 2.37. The molecule has 1 aliphatic carbocycles. The van der Waals surface area contributed by atoms with Gasteiger partial charge in [0.2, 0.25) is 0 Å². The maximum Gasteiger partial charge on any atom is 0.0924 e. The van der Waals surface area contributed by atoms with E-state index in [1.807, 2.05) is 18.2 Å². The number of benzene rings is 1. The molecular formula is C23H40O. The molecule has 0 aliphatic heterocycles. The fourth-order valence-electron chi connectivity index (χ4n) is 3.95. The number of hydrogen-bond acceptors (Lipinski definition) is 1. The van der Waals surface area contributed by atoms with Gasteiger partial charge in [0.05, 0.1) is 5.60 Å². The van der Waals surface area contributed by atoms with Crippen LogP contribution in [0.15, 0.2) is 30.3 Å². The Morgan fingerprint density at radius 2 is 1.42 bits per heavy atom. The van der Waals surface area contributed by atoms with E-state index in [2.05, 4.69) is 32.9 Å². The van der Waals surface area contributed by atoms with Crippen molar-refractivity contribution >= 4 is 0 Å². The molecule has 0 saturated heterocycles. The van der Waals surface area contributed by atoms with Crippen LogP contribution in [0.3, 0.4) is 0 Å². The maximum absolute atomic E-state index is 11.1. The summed E-state index contributed by atoms with van der Waals surface area (Å²) in [6.07, 6.45) is 15.2. The van der Waals surface area contributed by atoms with Crippen LogP contribution in [0.25, 0.3) is 0 Å². The van der Waals surface area contributed by atoms with Crippen LogP contribution in [0.4, 0.5) is 0 Å². The van der Waals surface area contributed by atoms with Crippen molar-refractivity contribution in [2.24, 2.45) is 5.92 Å². The molecule has 1 unspecified atom stereocenters. The lowest BCUT2D eigenvalue weighted by molar-refractivity contribution is -0.0466.